The van der Waals surface area contributed by atoms with Crippen molar-refractivity contribution in [2.24, 2.45) is 0 Å². The van der Waals surface area contributed by atoms with E-state index < -0.39 is 0 Å². The second-order valence-electron chi connectivity index (χ2n) is 13.6. The highest BCUT2D eigenvalue weighted by molar-refractivity contribution is 5.83. The molecule has 0 bridgehead atoms. The van der Waals surface area contributed by atoms with Gasteiger partial charge < -0.3 is 29.6 Å². The number of rotatable bonds is 40. The minimum atomic E-state index is -0.169. The van der Waals surface area contributed by atoms with Crippen LogP contribution in [0.25, 0.3) is 0 Å². The van der Waals surface area contributed by atoms with Crippen LogP contribution < -0.4 is 10.6 Å². The summed E-state index contributed by atoms with van der Waals surface area (Å²) in [6, 6.07) is 0. The van der Waals surface area contributed by atoms with Crippen LogP contribution in [0.5, 0.6) is 0 Å². The first kappa shape index (κ1) is 46.8. The summed E-state index contributed by atoms with van der Waals surface area (Å²) in [4.78, 5) is 24.5. The fourth-order valence-electron chi connectivity index (χ4n) is 5.76. The number of amides is 2. The predicted molar refractivity (Wildman–Crippen MR) is 201 cm³/mol. The van der Waals surface area contributed by atoms with E-state index in [2.05, 4.69) is 24.5 Å². The summed E-state index contributed by atoms with van der Waals surface area (Å²) >= 11 is 0. The number of nitrogens with one attached hydrogen (secondary N) is 2. The molecule has 0 fully saturated rings. The third-order valence-corrected chi connectivity index (χ3v) is 8.90. The van der Waals surface area contributed by atoms with Crippen LogP contribution in [0.15, 0.2) is 0 Å². The summed E-state index contributed by atoms with van der Waals surface area (Å²) in [5.41, 5.74) is 0. The Morgan fingerprint density at radius 3 is 1.40 bits per heavy atom. The van der Waals surface area contributed by atoms with Gasteiger partial charge in [-0.3, -0.25) is 9.59 Å². The van der Waals surface area contributed by atoms with Crippen molar-refractivity contribution in [1.29, 1.82) is 0 Å². The number of carbonyl (C=O) groups is 2. The van der Waals surface area contributed by atoms with Crippen molar-refractivity contribution in [3.8, 4) is 0 Å². The predicted octanol–water partition coefficient (Wildman–Crippen LogP) is 9.47. The molecule has 2 N–H and O–H groups in total. The van der Waals surface area contributed by atoms with Crippen LogP contribution in [0, 0.1) is 0 Å². The van der Waals surface area contributed by atoms with E-state index in [1.54, 1.807) is 7.11 Å². The first-order valence-corrected chi connectivity index (χ1v) is 20.4. The number of carbonyl (C=O) groups excluding carboxylic acids is 2. The first-order valence-electron chi connectivity index (χ1n) is 20.4. The molecule has 1 unspecified atom stereocenters. The lowest BCUT2D eigenvalue weighted by Gasteiger charge is -2.19. The van der Waals surface area contributed by atoms with Crippen molar-refractivity contribution >= 4 is 11.8 Å². The lowest BCUT2D eigenvalue weighted by Crippen LogP contribution is -2.37. The van der Waals surface area contributed by atoms with Gasteiger partial charge in [-0.2, -0.15) is 0 Å². The average Bonchev–Trinajstić information content (AvgIpc) is 3.09. The fraction of sp³-hybridized carbons (Fsp3) is 0.950. The molecule has 48 heavy (non-hydrogen) atoms. The van der Waals surface area contributed by atoms with Crippen LogP contribution in [0.1, 0.15) is 181 Å². The number of unbranched alkanes of at least 4 members (excludes halogenated alkanes) is 22. The lowest BCUT2D eigenvalue weighted by atomic mass is 10.0. The van der Waals surface area contributed by atoms with Crippen molar-refractivity contribution < 1.29 is 28.5 Å². The van der Waals surface area contributed by atoms with Gasteiger partial charge >= 0.3 is 0 Å². The summed E-state index contributed by atoms with van der Waals surface area (Å²) in [5.74, 6) is -0.285. The lowest BCUT2D eigenvalue weighted by molar-refractivity contribution is -0.127. The number of methoxy groups -OCH3 is 1. The Hall–Kier alpha value is -1.22. The Labute approximate surface area is 297 Å². The van der Waals surface area contributed by atoms with Crippen molar-refractivity contribution in [3.63, 3.8) is 0 Å². The minimum absolute atomic E-state index is 0.138. The molecular weight excluding hydrogens is 604 g/mol. The number of ether oxygens (including phenoxy) is 4. The Balaban J connectivity index is 4.13. The maximum absolute atomic E-state index is 12.5. The molecule has 0 saturated carbocycles. The van der Waals surface area contributed by atoms with Crippen LogP contribution in [0.4, 0.5) is 0 Å². The molecule has 0 aromatic heterocycles. The van der Waals surface area contributed by atoms with Gasteiger partial charge in [-0.25, -0.2) is 0 Å². The molecule has 2 amide bonds. The maximum atomic E-state index is 12.5. The molecular formula is C40H80N2O6. The molecule has 1 atom stereocenters. The highest BCUT2D eigenvalue weighted by atomic mass is 16.5. The van der Waals surface area contributed by atoms with Gasteiger partial charge in [-0.1, -0.05) is 155 Å². The molecule has 0 aromatic rings. The molecule has 0 radical (unpaired) electrons. The zero-order chi connectivity index (χ0) is 35.0. The third kappa shape index (κ3) is 37.6. The van der Waals surface area contributed by atoms with Gasteiger partial charge in [0.05, 0.1) is 32.5 Å². The van der Waals surface area contributed by atoms with Gasteiger partial charge in [0.1, 0.15) is 0 Å². The van der Waals surface area contributed by atoms with Gasteiger partial charge in [0, 0.05) is 46.3 Å². The van der Waals surface area contributed by atoms with Crippen LogP contribution in [0.3, 0.4) is 0 Å². The topological polar surface area (TPSA) is 95.1 Å². The smallest absolute Gasteiger partial charge is 0.220 e. The van der Waals surface area contributed by atoms with Crippen LogP contribution in [0.2, 0.25) is 0 Å². The SMILES string of the molecule is CCCCCCCCCCCCCCCCOC(CNC(=O)CCC(=O)NCCOCCOC)COCCCCCCCCCCCC. The molecule has 0 aliphatic carbocycles. The Morgan fingerprint density at radius 2 is 0.917 bits per heavy atom. The van der Waals surface area contributed by atoms with Gasteiger partial charge in [-0.15, -0.1) is 0 Å². The average molecular weight is 685 g/mol. The van der Waals surface area contributed by atoms with Gasteiger partial charge in [0.15, 0.2) is 0 Å². The van der Waals surface area contributed by atoms with Crippen LogP contribution in [-0.2, 0) is 28.5 Å². The molecule has 8 heteroatoms. The van der Waals surface area contributed by atoms with Gasteiger partial charge in [-0.05, 0) is 12.8 Å². The summed E-state index contributed by atoms with van der Waals surface area (Å²) in [5, 5.41) is 5.75. The molecule has 0 saturated heterocycles. The second-order valence-corrected chi connectivity index (χ2v) is 13.6. The van der Waals surface area contributed by atoms with Gasteiger partial charge in [0.2, 0.25) is 11.8 Å². The molecule has 0 rings (SSSR count). The first-order chi connectivity index (χ1) is 23.6. The Morgan fingerprint density at radius 1 is 0.479 bits per heavy atom. The maximum Gasteiger partial charge on any atom is 0.220 e. The highest BCUT2D eigenvalue weighted by Gasteiger charge is 2.13. The van der Waals surface area contributed by atoms with E-state index in [4.69, 9.17) is 18.9 Å². The summed E-state index contributed by atoms with van der Waals surface area (Å²) in [6.45, 7) is 8.75. The van der Waals surface area contributed by atoms with E-state index in [9.17, 15) is 9.59 Å². The molecule has 0 aliphatic heterocycles. The Bertz CT molecular complexity index is 666. The minimum Gasteiger partial charge on any atom is -0.382 e. The Kier molecular flexibility index (Phi) is 39.2. The summed E-state index contributed by atoms with van der Waals surface area (Å²) in [6.07, 6.45) is 31.9. The van der Waals surface area contributed by atoms with E-state index in [1.165, 1.54) is 141 Å². The third-order valence-electron chi connectivity index (χ3n) is 8.90. The van der Waals surface area contributed by atoms with Crippen molar-refractivity contribution in [3.05, 3.63) is 0 Å². The normalized spacial score (nSPS) is 12.0. The summed E-state index contributed by atoms with van der Waals surface area (Å²) < 4.78 is 22.4. The number of hydrogen-bond donors (Lipinski definition) is 2. The zero-order valence-electron chi connectivity index (χ0n) is 32.1. The standard InChI is InChI=1S/C40H80N2O6/c1-4-6-8-10-12-14-16-17-18-19-21-23-25-27-32-48-38(37-47-31-26-24-22-20-15-13-11-9-7-5-2)36-42-40(44)29-28-39(43)41-30-33-46-35-34-45-3/h38H,4-37H2,1-3H3,(H,41,43)(H,42,44). The monoisotopic (exact) mass is 685 g/mol. The van der Waals surface area contributed by atoms with Crippen LogP contribution in [-0.4, -0.2) is 77.8 Å². The quantitative estimate of drug-likeness (QED) is 0.0625. The summed E-state index contributed by atoms with van der Waals surface area (Å²) in [7, 11) is 1.62. The van der Waals surface area contributed by atoms with Crippen LogP contribution >= 0.6 is 0 Å². The van der Waals surface area contributed by atoms with E-state index in [0.717, 1.165) is 19.4 Å². The second kappa shape index (κ2) is 40.2. The molecule has 0 heterocycles. The van der Waals surface area contributed by atoms with Gasteiger partial charge in [0.25, 0.3) is 0 Å². The van der Waals surface area contributed by atoms with E-state index in [1.807, 2.05) is 0 Å². The molecule has 0 aromatic carbocycles. The molecule has 286 valence electrons. The fourth-order valence-corrected chi connectivity index (χ4v) is 5.76. The van der Waals surface area contributed by atoms with E-state index in [0.29, 0.717) is 46.1 Å². The van der Waals surface area contributed by atoms with Crippen molar-refractivity contribution in [2.45, 2.75) is 187 Å². The van der Waals surface area contributed by atoms with E-state index in [-0.39, 0.29) is 30.8 Å². The molecule has 8 nitrogen and oxygen atoms in total. The molecule has 0 spiro atoms. The van der Waals surface area contributed by atoms with Crippen molar-refractivity contribution in [2.75, 3.05) is 59.8 Å². The van der Waals surface area contributed by atoms with E-state index >= 15 is 0 Å². The van der Waals surface area contributed by atoms with Crippen molar-refractivity contribution in [1.82, 2.24) is 10.6 Å². The largest absolute Gasteiger partial charge is 0.382 e. The molecule has 0 aliphatic rings. The highest BCUT2D eigenvalue weighted by Crippen LogP contribution is 2.14. The number of hydrogen-bond acceptors (Lipinski definition) is 6. The zero-order valence-corrected chi connectivity index (χ0v) is 32.1.